The Balaban J connectivity index is 1.52. The van der Waals surface area contributed by atoms with E-state index in [1.165, 1.54) is 0 Å². The lowest BCUT2D eigenvalue weighted by Crippen LogP contribution is -2.19. The van der Waals surface area contributed by atoms with Crippen molar-refractivity contribution in [2.45, 2.75) is 13.0 Å². The fourth-order valence-electron chi connectivity index (χ4n) is 3.32. The van der Waals surface area contributed by atoms with Gasteiger partial charge in [0.25, 0.3) is 0 Å². The van der Waals surface area contributed by atoms with E-state index in [0.29, 0.717) is 17.4 Å². The van der Waals surface area contributed by atoms with Crippen LogP contribution in [-0.2, 0) is 17.8 Å². The molecular formula is C26H20BrClN2O2. The van der Waals surface area contributed by atoms with Crippen LogP contribution in [0.5, 0.6) is 5.75 Å². The Hall–Kier alpha value is -3.15. The first kappa shape index (κ1) is 22.1. The molecule has 1 amide bonds. The van der Waals surface area contributed by atoms with E-state index >= 15 is 0 Å². The zero-order valence-electron chi connectivity index (χ0n) is 17.1. The normalized spacial score (nSPS) is 11.1. The molecule has 0 spiro atoms. The second kappa shape index (κ2) is 10.4. The number of rotatable bonds is 7. The first-order chi connectivity index (χ1) is 15.6. The molecule has 6 heteroatoms. The Labute approximate surface area is 200 Å². The maximum absolute atomic E-state index is 12.3. The Morgan fingerprint density at radius 2 is 1.78 bits per heavy atom. The monoisotopic (exact) mass is 506 g/mol. The molecule has 0 aliphatic rings. The Bertz CT molecular complexity index is 1270. The van der Waals surface area contributed by atoms with Gasteiger partial charge in [0.05, 0.1) is 12.6 Å². The minimum Gasteiger partial charge on any atom is -0.488 e. The van der Waals surface area contributed by atoms with Gasteiger partial charge >= 0.3 is 0 Å². The van der Waals surface area contributed by atoms with Gasteiger partial charge in [0.1, 0.15) is 12.4 Å². The van der Waals surface area contributed by atoms with E-state index in [-0.39, 0.29) is 12.3 Å². The van der Waals surface area contributed by atoms with Crippen molar-refractivity contribution >= 4 is 50.4 Å². The summed E-state index contributed by atoms with van der Waals surface area (Å²) < 4.78 is 7.06. The number of carbonyl (C=O) groups is 1. The fraction of sp³-hybridized carbons (Fsp3) is 0.0769. The third-order valence-corrected chi connectivity index (χ3v) is 5.64. The number of hydrazone groups is 1. The number of nitrogens with zero attached hydrogens (tertiary/aromatic N) is 1. The summed E-state index contributed by atoms with van der Waals surface area (Å²) in [6.07, 6.45) is 1.88. The summed E-state index contributed by atoms with van der Waals surface area (Å²) in [5.74, 6) is 0.486. The highest BCUT2D eigenvalue weighted by atomic mass is 79.9. The summed E-state index contributed by atoms with van der Waals surface area (Å²) in [6, 6.07) is 27.1. The van der Waals surface area contributed by atoms with Crippen LogP contribution in [0.2, 0.25) is 5.02 Å². The van der Waals surface area contributed by atoms with Gasteiger partial charge in [-0.25, -0.2) is 5.43 Å². The van der Waals surface area contributed by atoms with Crippen molar-refractivity contribution in [1.82, 2.24) is 5.43 Å². The predicted octanol–water partition coefficient (Wildman–Crippen LogP) is 6.53. The van der Waals surface area contributed by atoms with Crippen molar-refractivity contribution in [2.75, 3.05) is 0 Å². The summed E-state index contributed by atoms with van der Waals surface area (Å²) in [5.41, 5.74) is 5.30. The molecular weight excluding hydrogens is 488 g/mol. The third kappa shape index (κ3) is 5.75. The van der Waals surface area contributed by atoms with E-state index in [4.69, 9.17) is 16.3 Å². The molecule has 0 aliphatic carbocycles. The van der Waals surface area contributed by atoms with Crippen LogP contribution < -0.4 is 10.2 Å². The van der Waals surface area contributed by atoms with E-state index in [0.717, 1.165) is 31.9 Å². The number of ether oxygens (including phenoxy) is 1. The van der Waals surface area contributed by atoms with Crippen molar-refractivity contribution in [3.8, 4) is 5.75 Å². The van der Waals surface area contributed by atoms with Gasteiger partial charge in [-0.05, 0) is 52.2 Å². The molecule has 0 atom stereocenters. The van der Waals surface area contributed by atoms with Crippen LogP contribution in [0.4, 0.5) is 0 Å². The molecule has 4 aromatic carbocycles. The molecule has 0 radical (unpaired) electrons. The highest BCUT2D eigenvalue weighted by Gasteiger charge is 2.09. The summed E-state index contributed by atoms with van der Waals surface area (Å²) in [6.45, 7) is 0.371. The van der Waals surface area contributed by atoms with Gasteiger partial charge in [0.15, 0.2) is 0 Å². The van der Waals surface area contributed by atoms with Crippen LogP contribution in [0.1, 0.15) is 16.7 Å². The van der Waals surface area contributed by atoms with Crippen molar-refractivity contribution in [3.05, 3.63) is 111 Å². The van der Waals surface area contributed by atoms with E-state index in [2.05, 4.69) is 26.5 Å². The number of benzene rings is 4. The average Bonchev–Trinajstić information content (AvgIpc) is 2.80. The molecule has 0 aromatic heterocycles. The van der Waals surface area contributed by atoms with Crippen LogP contribution in [0.15, 0.2) is 94.5 Å². The van der Waals surface area contributed by atoms with Gasteiger partial charge in [-0.1, -0.05) is 82.1 Å². The number of halogens is 2. The molecule has 4 rings (SSSR count). The summed E-state index contributed by atoms with van der Waals surface area (Å²) in [5, 5.41) is 6.92. The van der Waals surface area contributed by atoms with Crippen LogP contribution in [0, 0.1) is 0 Å². The molecule has 160 valence electrons. The first-order valence-electron chi connectivity index (χ1n) is 10.0. The van der Waals surface area contributed by atoms with Gasteiger partial charge in [-0.2, -0.15) is 5.10 Å². The topological polar surface area (TPSA) is 50.7 Å². The minimum absolute atomic E-state index is 0.190. The lowest BCUT2D eigenvalue weighted by atomic mass is 10.0. The van der Waals surface area contributed by atoms with E-state index in [1.54, 1.807) is 6.21 Å². The third-order valence-electron chi connectivity index (χ3n) is 4.87. The lowest BCUT2D eigenvalue weighted by Gasteiger charge is -2.12. The fourth-order valence-corrected chi connectivity index (χ4v) is 3.80. The maximum atomic E-state index is 12.3. The second-order valence-electron chi connectivity index (χ2n) is 7.21. The van der Waals surface area contributed by atoms with Crippen LogP contribution in [-0.4, -0.2) is 12.1 Å². The maximum Gasteiger partial charge on any atom is 0.244 e. The number of fused-ring (bicyclic) bond motifs is 1. The van der Waals surface area contributed by atoms with E-state index in [9.17, 15) is 4.79 Å². The average molecular weight is 508 g/mol. The quantitative estimate of drug-likeness (QED) is 0.228. The van der Waals surface area contributed by atoms with E-state index in [1.807, 2.05) is 84.9 Å². The molecule has 0 fully saturated rings. The van der Waals surface area contributed by atoms with Crippen LogP contribution in [0.25, 0.3) is 10.8 Å². The zero-order chi connectivity index (χ0) is 22.3. The zero-order valence-corrected chi connectivity index (χ0v) is 19.4. The summed E-state index contributed by atoms with van der Waals surface area (Å²) in [7, 11) is 0. The Morgan fingerprint density at radius 3 is 2.59 bits per heavy atom. The Morgan fingerprint density at radius 1 is 0.969 bits per heavy atom. The number of amides is 1. The highest BCUT2D eigenvalue weighted by Crippen LogP contribution is 2.27. The summed E-state index contributed by atoms with van der Waals surface area (Å²) >= 11 is 9.48. The molecule has 0 unspecified atom stereocenters. The van der Waals surface area contributed by atoms with Crippen molar-refractivity contribution in [1.29, 1.82) is 0 Å². The van der Waals surface area contributed by atoms with E-state index < -0.39 is 0 Å². The molecule has 0 saturated heterocycles. The first-order valence-corrected chi connectivity index (χ1v) is 11.2. The number of hydrogen-bond donors (Lipinski definition) is 1. The molecule has 4 aromatic rings. The number of hydrogen-bond acceptors (Lipinski definition) is 3. The number of nitrogens with one attached hydrogen (secondary N) is 1. The van der Waals surface area contributed by atoms with Gasteiger partial charge in [0, 0.05) is 15.1 Å². The van der Waals surface area contributed by atoms with Gasteiger partial charge in [-0.3, -0.25) is 4.79 Å². The number of carbonyl (C=O) groups excluding carboxylic acids is 1. The molecule has 0 saturated carbocycles. The molecule has 0 heterocycles. The Kier molecular flexibility index (Phi) is 7.20. The predicted molar refractivity (Wildman–Crippen MR) is 133 cm³/mol. The smallest absolute Gasteiger partial charge is 0.244 e. The van der Waals surface area contributed by atoms with Gasteiger partial charge < -0.3 is 4.74 Å². The minimum atomic E-state index is -0.190. The highest BCUT2D eigenvalue weighted by molar-refractivity contribution is 9.10. The largest absolute Gasteiger partial charge is 0.488 e. The molecule has 1 N–H and O–H groups in total. The summed E-state index contributed by atoms with van der Waals surface area (Å²) in [4.78, 5) is 12.3. The second-order valence-corrected chi connectivity index (χ2v) is 8.57. The van der Waals surface area contributed by atoms with Crippen LogP contribution in [0.3, 0.4) is 0 Å². The molecule has 32 heavy (non-hydrogen) atoms. The molecule has 0 aliphatic heterocycles. The van der Waals surface area contributed by atoms with Gasteiger partial charge in [-0.15, -0.1) is 0 Å². The van der Waals surface area contributed by atoms with Crippen molar-refractivity contribution in [3.63, 3.8) is 0 Å². The van der Waals surface area contributed by atoms with Crippen molar-refractivity contribution < 1.29 is 9.53 Å². The lowest BCUT2D eigenvalue weighted by molar-refractivity contribution is -0.120. The SMILES string of the molecule is O=C(Cc1ccc(Br)cc1)N/N=C/c1c(OCc2cccc(Cl)c2)ccc2ccccc12. The van der Waals surface area contributed by atoms with Crippen molar-refractivity contribution in [2.24, 2.45) is 5.10 Å². The standard InChI is InChI=1S/C26H20BrClN2O2/c27-21-11-8-18(9-12-21)15-26(31)30-29-16-24-23-7-2-1-5-20(23)10-13-25(24)32-17-19-4-3-6-22(28)14-19/h1-14,16H,15,17H2,(H,30,31)/b29-16+. The molecule has 0 bridgehead atoms. The van der Waals surface area contributed by atoms with Crippen LogP contribution >= 0.6 is 27.5 Å². The van der Waals surface area contributed by atoms with Gasteiger partial charge in [0.2, 0.25) is 5.91 Å². The molecule has 4 nitrogen and oxygen atoms in total.